The van der Waals surface area contributed by atoms with Gasteiger partial charge in [-0.05, 0) is 37.5 Å². The van der Waals surface area contributed by atoms with Crippen molar-refractivity contribution in [3.63, 3.8) is 0 Å². The van der Waals surface area contributed by atoms with Crippen molar-refractivity contribution in [1.82, 2.24) is 4.63 Å². The molecular formula is C19H39B4NO. The van der Waals surface area contributed by atoms with Crippen molar-refractivity contribution in [2.24, 2.45) is 11.8 Å². The molecule has 1 heterocycles. The summed E-state index contributed by atoms with van der Waals surface area (Å²) in [7, 11) is 6.22. The van der Waals surface area contributed by atoms with Crippen LogP contribution in [0.25, 0.3) is 0 Å². The molecular weight excluding hydrogens is 301 g/mol. The second kappa shape index (κ2) is 9.40. The molecule has 3 rings (SSSR count). The number of nitrogens with zero attached hydrogens (tertiary/aromatic N) is 1. The van der Waals surface area contributed by atoms with Gasteiger partial charge >= 0.3 is 0 Å². The second-order valence-corrected chi connectivity index (χ2v) is 9.59. The van der Waals surface area contributed by atoms with Crippen LogP contribution in [0, 0.1) is 11.8 Å². The molecule has 2 nitrogen and oxygen atoms in total. The molecule has 5 unspecified atom stereocenters. The maximum absolute atomic E-state index is 6.73. The fraction of sp³-hybridized carbons (Fsp3) is 1.00. The van der Waals surface area contributed by atoms with Crippen molar-refractivity contribution in [1.29, 1.82) is 0 Å². The first-order valence-corrected chi connectivity index (χ1v) is 11.5. The third-order valence-electron chi connectivity index (χ3n) is 7.73. The van der Waals surface area contributed by atoms with Gasteiger partial charge in [-0.1, -0.05) is 70.2 Å². The molecule has 5 atom stereocenters. The van der Waals surface area contributed by atoms with Crippen LogP contribution in [0.15, 0.2) is 0 Å². The van der Waals surface area contributed by atoms with E-state index in [0.717, 1.165) is 11.8 Å². The zero-order valence-corrected chi connectivity index (χ0v) is 17.3. The summed E-state index contributed by atoms with van der Waals surface area (Å²) < 4.78 is 9.36. The van der Waals surface area contributed by atoms with E-state index in [1.807, 2.05) is 0 Å². The van der Waals surface area contributed by atoms with Crippen molar-refractivity contribution >= 4 is 30.1 Å². The maximum atomic E-state index is 6.73. The molecule has 138 valence electrons. The summed E-state index contributed by atoms with van der Waals surface area (Å²) in [4.78, 5) is 0. The van der Waals surface area contributed by atoms with E-state index in [0.29, 0.717) is 17.4 Å². The summed E-state index contributed by atoms with van der Waals surface area (Å²) in [5.41, 5.74) is 0. The monoisotopic (exact) mass is 341 g/mol. The average molecular weight is 341 g/mol. The number of rotatable bonds is 4. The van der Waals surface area contributed by atoms with Gasteiger partial charge in [-0.15, -0.1) is 0 Å². The fourth-order valence-electron chi connectivity index (χ4n) is 6.12. The Hall–Kier alpha value is 0.180. The lowest BCUT2D eigenvalue weighted by molar-refractivity contribution is 0.0144. The van der Waals surface area contributed by atoms with E-state index in [9.17, 15) is 0 Å². The summed E-state index contributed by atoms with van der Waals surface area (Å²) >= 11 is 0. The van der Waals surface area contributed by atoms with E-state index < -0.39 is 0 Å². The molecule has 1 saturated heterocycles. The van der Waals surface area contributed by atoms with Gasteiger partial charge in [0.15, 0.2) is 22.2 Å². The van der Waals surface area contributed by atoms with Crippen molar-refractivity contribution < 1.29 is 4.74 Å². The van der Waals surface area contributed by atoms with Crippen LogP contribution in [-0.2, 0) is 4.74 Å². The van der Waals surface area contributed by atoms with Gasteiger partial charge in [0.2, 0.25) is 0 Å². The molecule has 25 heavy (non-hydrogen) atoms. The third kappa shape index (κ3) is 5.12. The summed E-state index contributed by atoms with van der Waals surface area (Å²) in [5.74, 6) is 1.76. The van der Waals surface area contributed by atoms with Gasteiger partial charge in [-0.25, -0.2) is 0 Å². The molecule has 0 spiro atoms. The minimum absolute atomic E-state index is 0.499. The standard InChI is InChI=1S/C19H39B4NO/c1-21-24(22-2)23-19(20)13-8-10-16-15-9-6-4-3-5-7-11-17(15)25-18(16)12-14-19/h15-18,21-23H,3-14,20H2,1-2H3. The number of ether oxygens (including phenoxy) is 1. The van der Waals surface area contributed by atoms with E-state index in [1.54, 1.807) is 0 Å². The van der Waals surface area contributed by atoms with Gasteiger partial charge in [-0.3, -0.25) is 0 Å². The Balaban J connectivity index is 1.62. The molecule has 0 amide bonds. The van der Waals surface area contributed by atoms with Gasteiger partial charge in [0.1, 0.15) is 7.85 Å². The number of fused-ring (bicyclic) bond motifs is 3. The Morgan fingerprint density at radius 3 is 2.12 bits per heavy atom. The van der Waals surface area contributed by atoms with E-state index >= 15 is 0 Å². The molecule has 0 aromatic heterocycles. The Labute approximate surface area is 159 Å². The van der Waals surface area contributed by atoms with Crippen LogP contribution in [0.2, 0.25) is 18.9 Å². The van der Waals surface area contributed by atoms with E-state index in [1.165, 1.54) is 99.3 Å². The fourth-order valence-corrected chi connectivity index (χ4v) is 6.12. The largest absolute Gasteiger partial charge is 0.436 e. The quantitative estimate of drug-likeness (QED) is 0.730. The molecule has 1 aliphatic heterocycles. The lowest BCUT2D eigenvalue weighted by Crippen LogP contribution is -2.41. The van der Waals surface area contributed by atoms with E-state index in [4.69, 9.17) is 4.74 Å². The highest BCUT2D eigenvalue weighted by Crippen LogP contribution is 2.48. The Bertz CT molecular complexity index is 409. The first-order valence-electron chi connectivity index (χ1n) is 11.5. The van der Waals surface area contributed by atoms with Crippen molar-refractivity contribution in [2.75, 3.05) is 0 Å². The van der Waals surface area contributed by atoms with Crippen LogP contribution >= 0.6 is 0 Å². The molecule has 0 aromatic rings. The number of hydrogen-bond acceptors (Lipinski definition) is 2. The van der Waals surface area contributed by atoms with Crippen molar-refractivity contribution in [2.45, 2.75) is 108 Å². The molecule has 0 bridgehead atoms. The van der Waals surface area contributed by atoms with Crippen molar-refractivity contribution in [3.05, 3.63) is 0 Å². The normalized spacial score (nSPS) is 39.8. The minimum atomic E-state index is 0.499. The van der Waals surface area contributed by atoms with Gasteiger partial charge in [0.25, 0.3) is 0 Å². The summed E-state index contributed by atoms with van der Waals surface area (Å²) in [6.45, 7) is 4.62. The van der Waals surface area contributed by atoms with Crippen LogP contribution in [0.5, 0.6) is 0 Å². The second-order valence-electron chi connectivity index (χ2n) is 9.59. The van der Waals surface area contributed by atoms with Crippen LogP contribution in [0.3, 0.4) is 0 Å². The van der Waals surface area contributed by atoms with Crippen LogP contribution in [-0.4, -0.2) is 46.9 Å². The topological polar surface area (TPSA) is 12.5 Å². The molecule has 6 heteroatoms. The molecule has 3 fully saturated rings. The summed E-state index contributed by atoms with van der Waals surface area (Å²) in [5, 5.41) is 0.499. The molecule has 2 aliphatic carbocycles. The molecule has 2 saturated carbocycles. The predicted octanol–water partition coefficient (Wildman–Crippen LogP) is 2.90. The number of hydrogen-bond donors (Lipinski definition) is 0. The molecule has 0 N–H and O–H groups in total. The van der Waals surface area contributed by atoms with Gasteiger partial charge in [0, 0.05) is 0 Å². The highest BCUT2D eigenvalue weighted by Gasteiger charge is 2.45. The van der Waals surface area contributed by atoms with Crippen molar-refractivity contribution in [3.8, 4) is 0 Å². The Morgan fingerprint density at radius 1 is 0.800 bits per heavy atom. The lowest BCUT2D eigenvalue weighted by atomic mass is 9.40. The third-order valence-corrected chi connectivity index (χ3v) is 7.73. The first kappa shape index (κ1) is 19.9. The predicted molar refractivity (Wildman–Crippen MR) is 117 cm³/mol. The van der Waals surface area contributed by atoms with Gasteiger partial charge < -0.3 is 9.37 Å². The first-order chi connectivity index (χ1) is 12.1. The zero-order valence-electron chi connectivity index (χ0n) is 17.3. The summed E-state index contributed by atoms with van der Waals surface area (Å²) in [6, 6.07) is 0. The van der Waals surface area contributed by atoms with Gasteiger partial charge in [0.05, 0.1) is 12.2 Å². The Morgan fingerprint density at radius 2 is 1.40 bits per heavy atom. The molecule has 3 aliphatic rings. The highest BCUT2D eigenvalue weighted by molar-refractivity contribution is 6.69. The average Bonchev–Trinajstić information content (AvgIpc) is 2.96. The van der Waals surface area contributed by atoms with Gasteiger partial charge in [-0.2, -0.15) is 0 Å². The maximum Gasteiger partial charge on any atom is 0.179 e. The highest BCUT2D eigenvalue weighted by atomic mass is 16.5. The van der Waals surface area contributed by atoms with Crippen LogP contribution in [0.1, 0.15) is 77.0 Å². The SMILES string of the molecule is BC1(BN(BC)BC)CCCC2C(CC1)OC1CCCCCCCC12. The minimum Gasteiger partial charge on any atom is -0.436 e. The summed E-state index contributed by atoms with van der Waals surface area (Å²) in [6.07, 6.45) is 18.1. The van der Waals surface area contributed by atoms with E-state index in [-0.39, 0.29) is 0 Å². The smallest absolute Gasteiger partial charge is 0.179 e. The van der Waals surface area contributed by atoms with Crippen LogP contribution < -0.4 is 0 Å². The zero-order chi connectivity index (χ0) is 17.7. The van der Waals surface area contributed by atoms with Crippen LogP contribution in [0.4, 0.5) is 0 Å². The van der Waals surface area contributed by atoms with E-state index in [2.05, 4.69) is 26.1 Å². The molecule has 0 radical (unpaired) electrons. The Kier molecular flexibility index (Phi) is 7.49. The lowest BCUT2D eigenvalue weighted by Gasteiger charge is -2.38. The molecule has 0 aromatic carbocycles.